The third kappa shape index (κ3) is 4.48. The van der Waals surface area contributed by atoms with Crippen molar-refractivity contribution >= 4 is 44.8 Å². The van der Waals surface area contributed by atoms with Crippen molar-refractivity contribution < 1.29 is 18.9 Å². The molecule has 0 spiro atoms. The summed E-state index contributed by atoms with van der Waals surface area (Å²) in [4.78, 5) is 30.8. The normalized spacial score (nSPS) is 13.7. The summed E-state index contributed by atoms with van der Waals surface area (Å²) in [6.45, 7) is 2.25. The van der Waals surface area contributed by atoms with Gasteiger partial charge in [-0.05, 0) is 47.2 Å². The Bertz CT molecular complexity index is 1660. The fraction of sp³-hybridized carbons (Fsp3) is 0.143. The number of benzene rings is 4. The van der Waals surface area contributed by atoms with E-state index < -0.39 is 10.8 Å². The van der Waals surface area contributed by atoms with E-state index in [0.717, 1.165) is 16.3 Å². The first kappa shape index (κ1) is 22.7. The summed E-state index contributed by atoms with van der Waals surface area (Å²) in [5.74, 6) is 0.0420. The van der Waals surface area contributed by atoms with Gasteiger partial charge in [0, 0.05) is 36.5 Å². The van der Waals surface area contributed by atoms with E-state index in [9.17, 15) is 14.9 Å². The Morgan fingerprint density at radius 2 is 1.76 bits per heavy atom. The summed E-state index contributed by atoms with van der Waals surface area (Å²) in [5.41, 5.74) is 3.26. The molecular weight excluding hydrogens is 472 g/mol. The molecule has 6 rings (SSSR count). The minimum Gasteiger partial charge on any atom is -0.436 e. The van der Waals surface area contributed by atoms with E-state index in [0.29, 0.717) is 54.7 Å². The topological polar surface area (TPSA) is 111 Å². The van der Waals surface area contributed by atoms with E-state index in [-0.39, 0.29) is 11.3 Å². The first-order valence-corrected chi connectivity index (χ1v) is 11.9. The maximum atomic E-state index is 13.3. The van der Waals surface area contributed by atoms with E-state index in [1.54, 1.807) is 24.3 Å². The highest BCUT2D eigenvalue weighted by atomic mass is 16.6. The zero-order valence-corrected chi connectivity index (χ0v) is 19.7. The van der Waals surface area contributed by atoms with Crippen molar-refractivity contribution in [3.8, 4) is 11.5 Å². The first-order valence-electron chi connectivity index (χ1n) is 11.9. The van der Waals surface area contributed by atoms with Gasteiger partial charge < -0.3 is 19.4 Å². The van der Waals surface area contributed by atoms with Crippen LogP contribution < -0.4 is 10.2 Å². The zero-order valence-electron chi connectivity index (χ0n) is 19.7. The van der Waals surface area contributed by atoms with Gasteiger partial charge in [0.05, 0.1) is 29.4 Å². The van der Waals surface area contributed by atoms with Crippen molar-refractivity contribution in [3.63, 3.8) is 0 Å². The second kappa shape index (κ2) is 9.36. The Balaban J connectivity index is 1.30. The highest BCUT2D eigenvalue weighted by Crippen LogP contribution is 2.30. The number of carbonyl (C=O) groups excluding carboxylic acids is 1. The summed E-state index contributed by atoms with van der Waals surface area (Å²) in [6, 6.07) is 23.6. The summed E-state index contributed by atoms with van der Waals surface area (Å²) in [7, 11) is 0. The van der Waals surface area contributed by atoms with Gasteiger partial charge in [0.2, 0.25) is 5.89 Å². The zero-order chi connectivity index (χ0) is 25.4. The fourth-order valence-electron chi connectivity index (χ4n) is 4.55. The number of oxazole rings is 1. The van der Waals surface area contributed by atoms with Crippen LogP contribution in [0.1, 0.15) is 10.4 Å². The van der Waals surface area contributed by atoms with E-state index >= 15 is 0 Å². The standard InChI is InChI=1S/C28H22N4O5/c33-27(23-17-22(32(34)35)8-9-25(23)31-11-13-36-14-12-31)29-21-7-10-26-24(16-21)30-28(37-26)20-6-5-18-3-1-2-4-19(18)15-20/h1-10,15-17H,11-14H2,(H,29,33). The number of hydrogen-bond donors (Lipinski definition) is 1. The molecule has 1 aromatic heterocycles. The van der Waals surface area contributed by atoms with Gasteiger partial charge in [-0.15, -0.1) is 0 Å². The van der Waals surface area contributed by atoms with Crippen LogP contribution in [0.2, 0.25) is 0 Å². The largest absolute Gasteiger partial charge is 0.436 e. The molecule has 1 aliphatic rings. The van der Waals surface area contributed by atoms with E-state index in [4.69, 9.17) is 9.15 Å². The third-order valence-electron chi connectivity index (χ3n) is 6.43. The lowest BCUT2D eigenvalue weighted by Gasteiger charge is -2.30. The van der Waals surface area contributed by atoms with E-state index in [1.165, 1.54) is 12.1 Å². The summed E-state index contributed by atoms with van der Waals surface area (Å²) in [6.07, 6.45) is 0. The second-order valence-electron chi connectivity index (χ2n) is 8.78. The number of nitrogens with one attached hydrogen (secondary N) is 1. The number of nitro benzene ring substituents is 1. The smallest absolute Gasteiger partial charge is 0.270 e. The number of amides is 1. The quantitative estimate of drug-likeness (QED) is 0.248. The van der Waals surface area contributed by atoms with Crippen molar-refractivity contribution in [1.82, 2.24) is 4.98 Å². The van der Waals surface area contributed by atoms with Crippen LogP contribution in [-0.2, 0) is 4.74 Å². The van der Waals surface area contributed by atoms with Crippen LogP contribution >= 0.6 is 0 Å². The minimum atomic E-state index is -0.504. The average molecular weight is 495 g/mol. The molecular formula is C28H22N4O5. The second-order valence-corrected chi connectivity index (χ2v) is 8.78. The molecule has 0 atom stereocenters. The van der Waals surface area contributed by atoms with Gasteiger partial charge in [-0.3, -0.25) is 14.9 Å². The highest BCUT2D eigenvalue weighted by molar-refractivity contribution is 6.09. The Morgan fingerprint density at radius 1 is 0.946 bits per heavy atom. The molecule has 0 bridgehead atoms. The van der Waals surface area contributed by atoms with Gasteiger partial charge in [0.1, 0.15) is 5.52 Å². The molecule has 0 unspecified atom stereocenters. The maximum Gasteiger partial charge on any atom is 0.270 e. The van der Waals surface area contributed by atoms with Crippen molar-refractivity contribution in [3.05, 3.63) is 94.5 Å². The maximum absolute atomic E-state index is 13.3. The van der Waals surface area contributed by atoms with E-state index in [2.05, 4.69) is 10.3 Å². The van der Waals surface area contributed by atoms with Crippen LogP contribution in [0.5, 0.6) is 0 Å². The number of hydrogen-bond acceptors (Lipinski definition) is 7. The molecule has 2 heterocycles. The highest BCUT2D eigenvalue weighted by Gasteiger charge is 2.22. The Labute approximate surface area is 211 Å². The van der Waals surface area contributed by atoms with E-state index in [1.807, 2.05) is 47.4 Å². The Morgan fingerprint density at radius 3 is 2.57 bits per heavy atom. The van der Waals surface area contributed by atoms with Gasteiger partial charge in [0.25, 0.3) is 11.6 Å². The van der Waals surface area contributed by atoms with Crippen molar-refractivity contribution in [1.29, 1.82) is 0 Å². The molecule has 1 saturated heterocycles. The number of morpholine rings is 1. The van der Waals surface area contributed by atoms with Gasteiger partial charge in [-0.1, -0.05) is 30.3 Å². The molecule has 1 aliphatic heterocycles. The number of carbonyl (C=O) groups is 1. The average Bonchev–Trinajstić information content (AvgIpc) is 3.36. The third-order valence-corrected chi connectivity index (χ3v) is 6.43. The molecule has 0 radical (unpaired) electrons. The molecule has 0 aliphatic carbocycles. The Kier molecular flexibility index (Phi) is 5.74. The van der Waals surface area contributed by atoms with Crippen LogP contribution in [0.25, 0.3) is 33.3 Å². The van der Waals surface area contributed by atoms with Gasteiger partial charge in [-0.25, -0.2) is 4.98 Å². The lowest BCUT2D eigenvalue weighted by atomic mass is 10.1. The van der Waals surface area contributed by atoms with Gasteiger partial charge >= 0.3 is 0 Å². The molecule has 4 aromatic carbocycles. The number of non-ortho nitro benzene ring substituents is 1. The number of anilines is 2. The predicted molar refractivity (Wildman–Crippen MR) is 141 cm³/mol. The van der Waals surface area contributed by atoms with Crippen molar-refractivity contribution in [2.24, 2.45) is 0 Å². The minimum absolute atomic E-state index is 0.144. The van der Waals surface area contributed by atoms with Gasteiger partial charge in [0.15, 0.2) is 5.58 Å². The molecule has 9 nitrogen and oxygen atoms in total. The number of rotatable bonds is 5. The first-order chi connectivity index (χ1) is 18.0. The SMILES string of the molecule is O=C(Nc1ccc2oc(-c3ccc4ccccc4c3)nc2c1)c1cc([N+](=O)[O-])ccc1N1CCOCC1. The predicted octanol–water partition coefficient (Wildman–Crippen LogP) is 5.65. The summed E-state index contributed by atoms with van der Waals surface area (Å²) >= 11 is 0. The molecule has 9 heteroatoms. The monoisotopic (exact) mass is 494 g/mol. The number of ether oxygens (including phenoxy) is 1. The number of fused-ring (bicyclic) bond motifs is 2. The number of nitrogens with zero attached hydrogens (tertiary/aromatic N) is 3. The van der Waals surface area contributed by atoms with Crippen molar-refractivity contribution in [2.45, 2.75) is 0 Å². The molecule has 1 N–H and O–H groups in total. The molecule has 1 fully saturated rings. The summed E-state index contributed by atoms with van der Waals surface area (Å²) < 4.78 is 11.4. The lowest BCUT2D eigenvalue weighted by Crippen LogP contribution is -2.37. The molecule has 5 aromatic rings. The van der Waals surface area contributed by atoms with Crippen LogP contribution in [0.3, 0.4) is 0 Å². The van der Waals surface area contributed by atoms with Crippen LogP contribution in [0.4, 0.5) is 17.1 Å². The number of aromatic nitrogens is 1. The number of nitro groups is 1. The summed E-state index contributed by atoms with van der Waals surface area (Å²) in [5, 5.41) is 16.5. The van der Waals surface area contributed by atoms with Crippen LogP contribution in [-0.4, -0.2) is 42.1 Å². The van der Waals surface area contributed by atoms with Crippen molar-refractivity contribution in [2.75, 3.05) is 36.5 Å². The molecule has 184 valence electrons. The molecule has 1 amide bonds. The lowest BCUT2D eigenvalue weighted by molar-refractivity contribution is -0.384. The molecule has 37 heavy (non-hydrogen) atoms. The Hall–Kier alpha value is -4.76. The fourth-order valence-corrected chi connectivity index (χ4v) is 4.55. The van der Waals surface area contributed by atoms with Crippen LogP contribution in [0.15, 0.2) is 83.3 Å². The van der Waals surface area contributed by atoms with Crippen LogP contribution in [0, 0.1) is 10.1 Å². The van der Waals surface area contributed by atoms with Gasteiger partial charge in [-0.2, -0.15) is 0 Å². The molecule has 0 saturated carbocycles.